The van der Waals surface area contributed by atoms with E-state index in [1.54, 1.807) is 12.1 Å². The second-order valence-corrected chi connectivity index (χ2v) is 4.19. The Morgan fingerprint density at radius 1 is 1.29 bits per heavy atom. The van der Waals surface area contributed by atoms with Gasteiger partial charge in [-0.25, -0.2) is 4.39 Å². The summed E-state index contributed by atoms with van der Waals surface area (Å²) in [6.45, 7) is 4.18. The summed E-state index contributed by atoms with van der Waals surface area (Å²) in [6.07, 6.45) is 10.7. The topological polar surface area (TPSA) is 0 Å². The molecule has 0 aromatic heterocycles. The Balaban J connectivity index is 2.82. The molecule has 0 unspecified atom stereocenters. The van der Waals surface area contributed by atoms with Gasteiger partial charge in [0.1, 0.15) is 5.82 Å². The first-order chi connectivity index (χ1) is 8.27. The Morgan fingerprint density at radius 2 is 2.12 bits per heavy atom. The van der Waals surface area contributed by atoms with Crippen LogP contribution in [0.4, 0.5) is 4.39 Å². The van der Waals surface area contributed by atoms with E-state index in [9.17, 15) is 4.39 Å². The van der Waals surface area contributed by atoms with Crippen molar-refractivity contribution >= 4 is 5.57 Å². The summed E-state index contributed by atoms with van der Waals surface area (Å²) in [7, 11) is 0. The van der Waals surface area contributed by atoms with Crippen LogP contribution in [0.25, 0.3) is 5.57 Å². The van der Waals surface area contributed by atoms with Gasteiger partial charge in [-0.15, -0.1) is 0 Å². The Hall–Kier alpha value is -1.37. The summed E-state index contributed by atoms with van der Waals surface area (Å²) >= 11 is 0. The number of hydrogen-bond donors (Lipinski definition) is 0. The van der Waals surface area contributed by atoms with Crippen molar-refractivity contribution < 1.29 is 4.39 Å². The van der Waals surface area contributed by atoms with Gasteiger partial charge in [0.25, 0.3) is 0 Å². The van der Waals surface area contributed by atoms with Crippen molar-refractivity contribution in [2.75, 3.05) is 0 Å². The van der Waals surface area contributed by atoms with Crippen molar-refractivity contribution in [1.29, 1.82) is 0 Å². The fraction of sp³-hybridized carbons (Fsp3) is 0.375. The van der Waals surface area contributed by atoms with E-state index in [0.717, 1.165) is 18.4 Å². The molecule has 0 aliphatic heterocycles. The molecule has 0 nitrogen and oxygen atoms in total. The monoisotopic (exact) mass is 232 g/mol. The Labute approximate surface area is 104 Å². The van der Waals surface area contributed by atoms with Crippen molar-refractivity contribution in [3.05, 3.63) is 53.9 Å². The zero-order valence-corrected chi connectivity index (χ0v) is 10.7. The first-order valence-corrected chi connectivity index (χ1v) is 6.35. The minimum atomic E-state index is -0.163. The molecule has 0 amide bonds. The maximum Gasteiger partial charge on any atom is 0.123 e. The Bertz CT molecular complexity index is 388. The lowest BCUT2D eigenvalue weighted by Gasteiger charge is -2.07. The van der Waals surface area contributed by atoms with E-state index in [0.29, 0.717) is 0 Å². The predicted molar refractivity (Wildman–Crippen MR) is 73.3 cm³/mol. The average Bonchev–Trinajstić information content (AvgIpc) is 2.33. The summed E-state index contributed by atoms with van der Waals surface area (Å²) in [6, 6.07) is 6.85. The van der Waals surface area contributed by atoms with Crippen LogP contribution in [0.15, 0.2) is 42.5 Å². The van der Waals surface area contributed by atoms with Crippen molar-refractivity contribution in [1.82, 2.24) is 0 Å². The first-order valence-electron chi connectivity index (χ1n) is 6.35. The van der Waals surface area contributed by atoms with Crippen molar-refractivity contribution in [2.45, 2.75) is 39.5 Å². The van der Waals surface area contributed by atoms with Gasteiger partial charge < -0.3 is 0 Å². The third-order valence-electron chi connectivity index (χ3n) is 2.73. The predicted octanol–water partition coefficient (Wildman–Crippen LogP) is 5.37. The van der Waals surface area contributed by atoms with E-state index in [4.69, 9.17) is 0 Å². The molecule has 1 heteroatoms. The molecule has 0 fully saturated rings. The van der Waals surface area contributed by atoms with Crippen LogP contribution in [0.5, 0.6) is 0 Å². The van der Waals surface area contributed by atoms with Crippen LogP contribution in [-0.4, -0.2) is 0 Å². The number of unbranched alkanes of at least 4 members (excludes halogenated alkanes) is 2. The molecule has 0 N–H and O–H groups in total. The highest BCUT2D eigenvalue weighted by molar-refractivity contribution is 5.66. The van der Waals surface area contributed by atoms with Crippen LogP contribution in [0, 0.1) is 5.82 Å². The zero-order chi connectivity index (χ0) is 12.5. The molecular weight excluding hydrogens is 211 g/mol. The molecule has 17 heavy (non-hydrogen) atoms. The Morgan fingerprint density at radius 3 is 2.76 bits per heavy atom. The lowest BCUT2D eigenvalue weighted by molar-refractivity contribution is 0.627. The van der Waals surface area contributed by atoms with Crippen molar-refractivity contribution in [3.8, 4) is 0 Å². The average molecular weight is 232 g/mol. The van der Waals surface area contributed by atoms with Crippen LogP contribution in [0.3, 0.4) is 0 Å². The molecular formula is C16H21F. The summed E-state index contributed by atoms with van der Waals surface area (Å²) in [5.41, 5.74) is 2.22. The van der Waals surface area contributed by atoms with E-state index in [-0.39, 0.29) is 5.82 Å². The standard InChI is InChI=1S/C16H21F/c1-3-5-7-10-14(9-6-4-2)15-11-8-12-16(17)13-15/h4,6,8-9,11-13H,3,5,7,10H2,1-2H3/b6-4+,14-9+. The van der Waals surface area contributed by atoms with Crippen molar-refractivity contribution in [2.24, 2.45) is 0 Å². The third kappa shape index (κ3) is 4.99. The van der Waals surface area contributed by atoms with Gasteiger partial charge in [0.2, 0.25) is 0 Å². The van der Waals surface area contributed by atoms with Gasteiger partial charge in [0.05, 0.1) is 0 Å². The molecule has 92 valence electrons. The van der Waals surface area contributed by atoms with Gasteiger partial charge >= 0.3 is 0 Å². The highest BCUT2D eigenvalue weighted by Gasteiger charge is 2.02. The minimum Gasteiger partial charge on any atom is -0.207 e. The summed E-state index contributed by atoms with van der Waals surface area (Å²) in [5, 5.41) is 0. The largest absolute Gasteiger partial charge is 0.207 e. The van der Waals surface area contributed by atoms with Crippen LogP contribution >= 0.6 is 0 Å². The minimum absolute atomic E-state index is 0.163. The molecule has 0 heterocycles. The van der Waals surface area contributed by atoms with E-state index < -0.39 is 0 Å². The first kappa shape index (κ1) is 13.7. The molecule has 0 aliphatic rings. The van der Waals surface area contributed by atoms with Crippen LogP contribution in [0.1, 0.15) is 45.1 Å². The molecule has 0 aliphatic carbocycles. The van der Waals surface area contributed by atoms with Gasteiger partial charge in [-0.1, -0.05) is 50.1 Å². The molecule has 1 aromatic carbocycles. The highest BCUT2D eigenvalue weighted by Crippen LogP contribution is 2.22. The lowest BCUT2D eigenvalue weighted by atomic mass is 9.99. The second-order valence-electron chi connectivity index (χ2n) is 4.19. The number of rotatable bonds is 6. The summed E-state index contributed by atoms with van der Waals surface area (Å²) in [5.74, 6) is -0.163. The van der Waals surface area contributed by atoms with E-state index in [2.05, 4.69) is 13.0 Å². The van der Waals surface area contributed by atoms with E-state index >= 15 is 0 Å². The number of benzene rings is 1. The van der Waals surface area contributed by atoms with Crippen molar-refractivity contribution in [3.63, 3.8) is 0 Å². The molecule has 0 saturated carbocycles. The third-order valence-corrected chi connectivity index (χ3v) is 2.73. The normalized spacial score (nSPS) is 12.3. The Kier molecular flexibility index (Phi) is 6.31. The highest BCUT2D eigenvalue weighted by atomic mass is 19.1. The maximum atomic E-state index is 13.2. The lowest BCUT2D eigenvalue weighted by Crippen LogP contribution is -1.87. The molecule has 0 spiro atoms. The maximum absolute atomic E-state index is 13.2. The number of halogens is 1. The second kappa shape index (κ2) is 7.83. The number of hydrogen-bond acceptors (Lipinski definition) is 0. The van der Waals surface area contributed by atoms with Crippen LogP contribution in [-0.2, 0) is 0 Å². The number of allylic oxidation sites excluding steroid dienone is 4. The summed E-state index contributed by atoms with van der Waals surface area (Å²) in [4.78, 5) is 0. The van der Waals surface area contributed by atoms with Gasteiger partial charge in [0.15, 0.2) is 0 Å². The summed E-state index contributed by atoms with van der Waals surface area (Å²) < 4.78 is 13.2. The molecule has 1 aromatic rings. The van der Waals surface area contributed by atoms with Gasteiger partial charge in [0, 0.05) is 0 Å². The molecule has 1 rings (SSSR count). The van der Waals surface area contributed by atoms with Gasteiger partial charge in [-0.3, -0.25) is 0 Å². The molecule has 0 saturated heterocycles. The molecule has 0 bridgehead atoms. The van der Waals surface area contributed by atoms with E-state index in [1.807, 2.05) is 25.1 Å². The quantitative estimate of drug-likeness (QED) is 0.457. The fourth-order valence-corrected chi connectivity index (χ4v) is 1.79. The smallest absolute Gasteiger partial charge is 0.123 e. The van der Waals surface area contributed by atoms with Gasteiger partial charge in [-0.05, 0) is 43.0 Å². The van der Waals surface area contributed by atoms with Crippen LogP contribution in [0.2, 0.25) is 0 Å². The van der Waals surface area contributed by atoms with Crippen LogP contribution < -0.4 is 0 Å². The molecule has 0 radical (unpaired) electrons. The molecule has 0 atom stereocenters. The van der Waals surface area contributed by atoms with Gasteiger partial charge in [-0.2, -0.15) is 0 Å². The van der Waals surface area contributed by atoms with E-state index in [1.165, 1.54) is 24.5 Å². The fourth-order valence-electron chi connectivity index (χ4n) is 1.79. The zero-order valence-electron chi connectivity index (χ0n) is 10.7. The SMILES string of the molecule is C/C=C/C=C(\CCCCC)c1cccc(F)c1.